The zero-order valence-electron chi connectivity index (χ0n) is 11.2. The Balaban J connectivity index is 2.29. The summed E-state index contributed by atoms with van der Waals surface area (Å²) in [6, 6.07) is 4.62. The van der Waals surface area contributed by atoms with Crippen LogP contribution in [0.4, 0.5) is 11.4 Å². The van der Waals surface area contributed by atoms with Crippen molar-refractivity contribution in [1.29, 1.82) is 0 Å². The van der Waals surface area contributed by atoms with Crippen molar-refractivity contribution in [3.8, 4) is 0 Å². The number of nitro groups is 1. The number of hydrogen-bond donors (Lipinski definition) is 1. The van der Waals surface area contributed by atoms with Crippen LogP contribution in [0.2, 0.25) is 0 Å². The number of hydrogen-bond acceptors (Lipinski definition) is 4. The van der Waals surface area contributed by atoms with Gasteiger partial charge in [-0.25, -0.2) is 0 Å². The first-order valence-corrected chi connectivity index (χ1v) is 6.56. The molecule has 0 bridgehead atoms. The second-order valence-electron chi connectivity index (χ2n) is 4.65. The molecule has 0 saturated carbocycles. The third-order valence-corrected chi connectivity index (χ3v) is 3.29. The van der Waals surface area contributed by atoms with Gasteiger partial charge in [-0.1, -0.05) is 6.08 Å². The van der Waals surface area contributed by atoms with Gasteiger partial charge in [0.2, 0.25) is 0 Å². The van der Waals surface area contributed by atoms with E-state index in [0.29, 0.717) is 17.8 Å². The Labute approximate surface area is 117 Å². The molecule has 1 amide bonds. The van der Waals surface area contributed by atoms with Gasteiger partial charge in [0.25, 0.3) is 11.6 Å². The summed E-state index contributed by atoms with van der Waals surface area (Å²) in [4.78, 5) is 24.6. The van der Waals surface area contributed by atoms with E-state index in [2.05, 4.69) is 11.9 Å². The first-order valence-electron chi connectivity index (χ1n) is 6.56. The Kier molecular flexibility index (Phi) is 4.34. The van der Waals surface area contributed by atoms with Crippen LogP contribution in [-0.4, -0.2) is 30.5 Å². The average Bonchev–Trinajstić information content (AvgIpc) is 2.98. The highest BCUT2D eigenvalue weighted by molar-refractivity contribution is 5.95. The number of carbonyl (C=O) groups is 1. The maximum Gasteiger partial charge on any atom is 0.293 e. The van der Waals surface area contributed by atoms with Gasteiger partial charge in [0, 0.05) is 31.3 Å². The van der Waals surface area contributed by atoms with Gasteiger partial charge in [-0.3, -0.25) is 14.9 Å². The highest BCUT2D eigenvalue weighted by Crippen LogP contribution is 2.31. The summed E-state index contributed by atoms with van der Waals surface area (Å²) in [6.07, 6.45) is 3.64. The fourth-order valence-electron chi connectivity index (χ4n) is 2.30. The Morgan fingerprint density at radius 1 is 1.45 bits per heavy atom. The maximum atomic E-state index is 11.8. The highest BCUT2D eigenvalue weighted by Gasteiger charge is 2.23. The normalized spacial score (nSPS) is 14.1. The molecular formula is C14H17N3O3. The third kappa shape index (κ3) is 2.96. The number of nitrogens with one attached hydrogen (secondary N) is 1. The number of nitro benzene ring substituents is 1. The molecule has 6 nitrogen and oxygen atoms in total. The lowest BCUT2D eigenvalue weighted by Crippen LogP contribution is -2.24. The number of rotatable bonds is 5. The number of nitrogens with zero attached hydrogens (tertiary/aromatic N) is 2. The van der Waals surface area contributed by atoms with E-state index in [1.54, 1.807) is 18.2 Å². The molecule has 0 spiro atoms. The molecule has 1 aromatic rings. The molecule has 1 aromatic carbocycles. The van der Waals surface area contributed by atoms with Crippen molar-refractivity contribution in [3.63, 3.8) is 0 Å². The molecule has 1 N–H and O–H groups in total. The predicted octanol–water partition coefficient (Wildman–Crippen LogP) is 2.11. The average molecular weight is 275 g/mol. The molecule has 20 heavy (non-hydrogen) atoms. The molecule has 0 atom stereocenters. The summed E-state index contributed by atoms with van der Waals surface area (Å²) in [6.45, 7) is 5.49. The van der Waals surface area contributed by atoms with Gasteiger partial charge in [0.15, 0.2) is 0 Å². The molecule has 0 unspecified atom stereocenters. The molecule has 0 aromatic heterocycles. The summed E-state index contributed by atoms with van der Waals surface area (Å²) in [5.74, 6) is -0.332. The standard InChI is InChI=1S/C14H17N3O3/c1-2-7-15-14(18)11-5-6-12(13(10-11)17(19)20)16-8-3-4-9-16/h2,5-6,10H,1,3-4,7-9H2,(H,15,18). The van der Waals surface area contributed by atoms with E-state index in [1.165, 1.54) is 6.07 Å². The summed E-state index contributed by atoms with van der Waals surface area (Å²) >= 11 is 0. The molecule has 1 fully saturated rings. The molecule has 0 aliphatic carbocycles. The Morgan fingerprint density at radius 2 is 2.15 bits per heavy atom. The summed E-state index contributed by atoms with van der Waals surface area (Å²) < 4.78 is 0. The van der Waals surface area contributed by atoms with E-state index < -0.39 is 4.92 Å². The Hall–Kier alpha value is -2.37. The molecular weight excluding hydrogens is 258 g/mol. The van der Waals surface area contributed by atoms with Crippen LogP contribution in [0.5, 0.6) is 0 Å². The van der Waals surface area contributed by atoms with Crippen molar-refractivity contribution in [1.82, 2.24) is 5.32 Å². The van der Waals surface area contributed by atoms with Gasteiger partial charge >= 0.3 is 0 Å². The predicted molar refractivity (Wildman–Crippen MR) is 77.1 cm³/mol. The van der Waals surface area contributed by atoms with Crippen molar-refractivity contribution in [3.05, 3.63) is 46.5 Å². The zero-order valence-corrected chi connectivity index (χ0v) is 11.2. The Bertz CT molecular complexity index is 536. The van der Waals surface area contributed by atoms with E-state index >= 15 is 0 Å². The molecule has 1 saturated heterocycles. The van der Waals surface area contributed by atoms with Gasteiger partial charge in [-0.05, 0) is 25.0 Å². The molecule has 6 heteroatoms. The Morgan fingerprint density at radius 3 is 2.75 bits per heavy atom. The number of carbonyl (C=O) groups excluding carboxylic acids is 1. The lowest BCUT2D eigenvalue weighted by molar-refractivity contribution is -0.384. The van der Waals surface area contributed by atoms with Crippen molar-refractivity contribution < 1.29 is 9.72 Å². The minimum atomic E-state index is -0.433. The molecule has 106 valence electrons. The van der Waals surface area contributed by atoms with E-state index in [9.17, 15) is 14.9 Å². The highest BCUT2D eigenvalue weighted by atomic mass is 16.6. The minimum absolute atomic E-state index is 0.0156. The fourth-order valence-corrected chi connectivity index (χ4v) is 2.30. The van der Waals surface area contributed by atoms with E-state index in [1.807, 2.05) is 4.90 Å². The first kappa shape index (κ1) is 14.0. The maximum absolute atomic E-state index is 11.8. The second-order valence-corrected chi connectivity index (χ2v) is 4.65. The van der Waals surface area contributed by atoms with Crippen LogP contribution in [0.25, 0.3) is 0 Å². The summed E-state index contributed by atoms with van der Waals surface area (Å²) in [5, 5.41) is 13.8. The van der Waals surface area contributed by atoms with E-state index in [-0.39, 0.29) is 11.6 Å². The lowest BCUT2D eigenvalue weighted by Gasteiger charge is -2.17. The number of anilines is 1. The van der Waals surface area contributed by atoms with E-state index in [0.717, 1.165) is 25.9 Å². The summed E-state index contributed by atoms with van der Waals surface area (Å²) in [7, 11) is 0. The van der Waals surface area contributed by atoms with Gasteiger partial charge in [-0.2, -0.15) is 0 Å². The molecule has 0 radical (unpaired) electrons. The van der Waals surface area contributed by atoms with Gasteiger partial charge in [-0.15, -0.1) is 6.58 Å². The molecule has 1 aliphatic rings. The zero-order chi connectivity index (χ0) is 14.5. The monoisotopic (exact) mass is 275 g/mol. The van der Waals surface area contributed by atoms with Crippen LogP contribution >= 0.6 is 0 Å². The summed E-state index contributed by atoms with van der Waals surface area (Å²) in [5.41, 5.74) is 0.868. The number of amides is 1. The quantitative estimate of drug-likeness (QED) is 0.507. The SMILES string of the molecule is C=CCNC(=O)c1ccc(N2CCCC2)c([N+](=O)[O-])c1. The molecule has 1 heterocycles. The van der Waals surface area contributed by atoms with Gasteiger partial charge in [0.1, 0.15) is 5.69 Å². The van der Waals surface area contributed by atoms with Gasteiger partial charge in [0.05, 0.1) is 4.92 Å². The van der Waals surface area contributed by atoms with Crippen LogP contribution in [0, 0.1) is 10.1 Å². The van der Waals surface area contributed by atoms with Crippen LogP contribution < -0.4 is 10.2 Å². The second kappa shape index (κ2) is 6.18. The van der Waals surface area contributed by atoms with Gasteiger partial charge < -0.3 is 10.2 Å². The fraction of sp³-hybridized carbons (Fsp3) is 0.357. The largest absolute Gasteiger partial charge is 0.366 e. The van der Waals surface area contributed by atoms with Crippen molar-refractivity contribution in [2.45, 2.75) is 12.8 Å². The van der Waals surface area contributed by atoms with E-state index in [4.69, 9.17) is 0 Å². The lowest BCUT2D eigenvalue weighted by atomic mass is 10.1. The van der Waals surface area contributed by atoms with Crippen molar-refractivity contribution >= 4 is 17.3 Å². The topological polar surface area (TPSA) is 75.5 Å². The minimum Gasteiger partial charge on any atom is -0.366 e. The van der Waals surface area contributed by atoms with Crippen LogP contribution in [0.3, 0.4) is 0 Å². The first-order chi connectivity index (χ1) is 9.63. The van der Waals surface area contributed by atoms with Crippen LogP contribution in [0.15, 0.2) is 30.9 Å². The number of benzene rings is 1. The third-order valence-electron chi connectivity index (χ3n) is 3.29. The van der Waals surface area contributed by atoms with Crippen LogP contribution in [-0.2, 0) is 0 Å². The van der Waals surface area contributed by atoms with Crippen molar-refractivity contribution in [2.24, 2.45) is 0 Å². The molecule has 2 rings (SSSR count). The smallest absolute Gasteiger partial charge is 0.293 e. The van der Waals surface area contributed by atoms with Crippen molar-refractivity contribution in [2.75, 3.05) is 24.5 Å². The molecule has 1 aliphatic heterocycles. The van der Waals surface area contributed by atoms with Crippen LogP contribution in [0.1, 0.15) is 23.2 Å².